The molecule has 0 aliphatic rings. The maximum Gasteiger partial charge on any atom is 0.276 e. The van der Waals surface area contributed by atoms with Gasteiger partial charge in [-0.05, 0) is 49.7 Å². The van der Waals surface area contributed by atoms with E-state index in [9.17, 15) is 9.59 Å². The Morgan fingerprint density at radius 3 is 2.72 bits per heavy atom. The first kappa shape index (κ1) is 21.0. The summed E-state index contributed by atoms with van der Waals surface area (Å²) < 4.78 is 5.38. The molecule has 0 spiro atoms. The van der Waals surface area contributed by atoms with Gasteiger partial charge >= 0.3 is 0 Å². The van der Waals surface area contributed by atoms with E-state index in [0.29, 0.717) is 10.8 Å². The molecule has 152 valence electrons. The molecular weight excluding hydrogens is 412 g/mol. The Kier molecular flexibility index (Phi) is 7.00. The number of hydrazine groups is 1. The van der Waals surface area contributed by atoms with Gasteiger partial charge in [0.1, 0.15) is 11.6 Å². The highest BCUT2D eigenvalue weighted by molar-refractivity contribution is 8.00. The van der Waals surface area contributed by atoms with E-state index in [1.807, 2.05) is 38.1 Å². The number of thioether (sulfide) groups is 1. The van der Waals surface area contributed by atoms with Crippen LogP contribution in [0.1, 0.15) is 23.6 Å². The molecule has 1 aromatic heterocycles. The van der Waals surface area contributed by atoms with Gasteiger partial charge in [-0.3, -0.25) is 20.4 Å². The molecule has 3 aromatic rings. The van der Waals surface area contributed by atoms with Crippen LogP contribution in [0, 0.1) is 6.92 Å². The van der Waals surface area contributed by atoms with E-state index in [1.54, 1.807) is 18.2 Å². The van der Waals surface area contributed by atoms with Crippen molar-refractivity contribution in [2.24, 2.45) is 0 Å². The van der Waals surface area contributed by atoms with Gasteiger partial charge in [-0.2, -0.15) is 0 Å². The number of H-pyrrole nitrogens is 1. The number of para-hydroxylation sites is 2. The normalized spacial score (nSPS) is 11.8. The van der Waals surface area contributed by atoms with Gasteiger partial charge in [0.2, 0.25) is 5.91 Å². The van der Waals surface area contributed by atoms with Crippen LogP contribution in [0.5, 0.6) is 5.75 Å². The summed E-state index contributed by atoms with van der Waals surface area (Å²) in [5.74, 6) is 0.744. The number of nitrogens with one attached hydrogen (secondary N) is 3. The number of rotatable bonds is 7. The predicted octanol–water partition coefficient (Wildman–Crippen LogP) is 3.55. The molecule has 0 saturated heterocycles. The van der Waals surface area contributed by atoms with Crippen LogP contribution in [-0.4, -0.2) is 34.1 Å². The molecule has 1 heterocycles. The van der Waals surface area contributed by atoms with Crippen LogP contribution in [-0.2, 0) is 9.59 Å². The van der Waals surface area contributed by atoms with E-state index in [0.717, 1.165) is 22.4 Å². The first-order chi connectivity index (χ1) is 13.9. The summed E-state index contributed by atoms with van der Waals surface area (Å²) >= 11 is 7.37. The van der Waals surface area contributed by atoms with Crippen LogP contribution in [0.15, 0.2) is 42.5 Å². The zero-order valence-electron chi connectivity index (χ0n) is 16.0. The molecule has 3 rings (SSSR count). The minimum Gasteiger partial charge on any atom is -0.484 e. The number of halogens is 1. The second-order valence-corrected chi connectivity index (χ2v) is 8.12. The number of aromatic nitrogens is 2. The highest BCUT2D eigenvalue weighted by Crippen LogP contribution is 2.27. The second-order valence-electron chi connectivity index (χ2n) is 6.39. The fourth-order valence-electron chi connectivity index (χ4n) is 2.51. The Labute approximate surface area is 177 Å². The molecule has 0 fully saturated rings. The zero-order chi connectivity index (χ0) is 20.8. The highest BCUT2D eigenvalue weighted by atomic mass is 35.5. The number of benzene rings is 2. The van der Waals surface area contributed by atoms with Crippen molar-refractivity contribution in [1.82, 2.24) is 20.8 Å². The monoisotopic (exact) mass is 432 g/mol. The summed E-state index contributed by atoms with van der Waals surface area (Å²) in [7, 11) is 0. The minimum absolute atomic E-state index is 0.000305. The van der Waals surface area contributed by atoms with Crippen LogP contribution in [0.25, 0.3) is 11.0 Å². The number of ether oxygens (including phenoxy) is 1. The molecule has 29 heavy (non-hydrogen) atoms. The Hall–Kier alpha value is -2.71. The van der Waals surface area contributed by atoms with Crippen molar-refractivity contribution >= 4 is 46.2 Å². The summed E-state index contributed by atoms with van der Waals surface area (Å²) in [5.41, 5.74) is 7.43. The number of amides is 2. The smallest absolute Gasteiger partial charge is 0.276 e. The van der Waals surface area contributed by atoms with Gasteiger partial charge in [-0.15, -0.1) is 11.8 Å². The van der Waals surface area contributed by atoms with Crippen molar-refractivity contribution in [3.05, 3.63) is 58.9 Å². The molecule has 0 bridgehead atoms. The number of aromatic amines is 1. The molecule has 0 aliphatic heterocycles. The topological polar surface area (TPSA) is 96.1 Å². The summed E-state index contributed by atoms with van der Waals surface area (Å²) in [6.07, 6.45) is 0. The van der Waals surface area contributed by atoms with Crippen molar-refractivity contribution in [2.45, 2.75) is 19.1 Å². The number of hydrogen-bond donors (Lipinski definition) is 3. The highest BCUT2D eigenvalue weighted by Gasteiger charge is 2.14. The number of hydrogen-bond acceptors (Lipinski definition) is 5. The van der Waals surface area contributed by atoms with E-state index >= 15 is 0 Å². The standard InChI is InChI=1S/C20H21ClN4O3S/c1-12-9-14(7-8-15(12)21)28-10-18(26)24-25-19(27)11-29-13(2)20-22-16-5-3-4-6-17(16)23-20/h3-9,13H,10-11H2,1-2H3,(H,22,23)(H,24,26)(H,25,27). The Bertz CT molecular complexity index is 991. The third kappa shape index (κ3) is 5.88. The Balaban J connectivity index is 1.38. The van der Waals surface area contributed by atoms with Crippen molar-refractivity contribution in [3.8, 4) is 5.75 Å². The van der Waals surface area contributed by atoms with Gasteiger partial charge in [0.15, 0.2) is 6.61 Å². The average molecular weight is 433 g/mol. The van der Waals surface area contributed by atoms with E-state index < -0.39 is 5.91 Å². The van der Waals surface area contributed by atoms with Gasteiger partial charge in [0.25, 0.3) is 5.91 Å². The quantitative estimate of drug-likeness (QED) is 0.496. The van der Waals surface area contributed by atoms with Gasteiger partial charge in [-0.1, -0.05) is 23.7 Å². The fraction of sp³-hybridized carbons (Fsp3) is 0.250. The first-order valence-corrected chi connectivity index (χ1v) is 10.4. The molecule has 3 N–H and O–H groups in total. The Morgan fingerprint density at radius 2 is 1.97 bits per heavy atom. The summed E-state index contributed by atoms with van der Waals surface area (Å²) in [5, 5.41) is 0.628. The molecule has 0 radical (unpaired) electrons. The molecule has 0 saturated carbocycles. The minimum atomic E-state index is -0.457. The molecule has 9 heteroatoms. The van der Waals surface area contributed by atoms with Gasteiger partial charge in [-0.25, -0.2) is 4.98 Å². The number of nitrogens with zero attached hydrogens (tertiary/aromatic N) is 1. The number of fused-ring (bicyclic) bond motifs is 1. The lowest BCUT2D eigenvalue weighted by Gasteiger charge is -2.11. The lowest BCUT2D eigenvalue weighted by atomic mass is 10.2. The molecule has 7 nitrogen and oxygen atoms in total. The van der Waals surface area contributed by atoms with E-state index in [4.69, 9.17) is 16.3 Å². The number of aryl methyl sites for hydroxylation is 1. The third-order valence-corrected chi connectivity index (χ3v) is 5.67. The molecule has 2 aromatic carbocycles. The lowest BCUT2D eigenvalue weighted by Crippen LogP contribution is -2.44. The van der Waals surface area contributed by atoms with E-state index in [1.165, 1.54) is 11.8 Å². The number of carbonyl (C=O) groups excluding carboxylic acids is 2. The van der Waals surface area contributed by atoms with Crippen molar-refractivity contribution in [2.75, 3.05) is 12.4 Å². The largest absolute Gasteiger partial charge is 0.484 e. The molecule has 1 atom stereocenters. The van der Waals surface area contributed by atoms with Crippen molar-refractivity contribution < 1.29 is 14.3 Å². The van der Waals surface area contributed by atoms with E-state index in [-0.39, 0.29) is 23.5 Å². The zero-order valence-corrected chi connectivity index (χ0v) is 17.6. The van der Waals surface area contributed by atoms with Crippen LogP contribution >= 0.6 is 23.4 Å². The molecule has 1 unspecified atom stereocenters. The van der Waals surface area contributed by atoms with Crippen LogP contribution < -0.4 is 15.6 Å². The van der Waals surface area contributed by atoms with Gasteiger partial charge in [0, 0.05) is 5.02 Å². The van der Waals surface area contributed by atoms with Crippen LogP contribution in [0.3, 0.4) is 0 Å². The SMILES string of the molecule is Cc1cc(OCC(=O)NNC(=O)CSC(C)c2nc3ccccc3[nH]2)ccc1Cl. The van der Waals surface area contributed by atoms with Gasteiger partial charge < -0.3 is 9.72 Å². The lowest BCUT2D eigenvalue weighted by molar-refractivity contribution is -0.128. The van der Waals surface area contributed by atoms with Gasteiger partial charge in [0.05, 0.1) is 22.0 Å². The number of imidazole rings is 1. The molecule has 0 aliphatic carbocycles. The van der Waals surface area contributed by atoms with Crippen molar-refractivity contribution in [1.29, 1.82) is 0 Å². The molecular formula is C20H21ClN4O3S. The third-order valence-electron chi connectivity index (χ3n) is 4.10. The second kappa shape index (κ2) is 9.67. The maximum absolute atomic E-state index is 12.0. The van der Waals surface area contributed by atoms with Crippen LogP contribution in [0.4, 0.5) is 0 Å². The van der Waals surface area contributed by atoms with Crippen molar-refractivity contribution in [3.63, 3.8) is 0 Å². The molecule has 2 amide bonds. The number of carbonyl (C=O) groups is 2. The summed E-state index contributed by atoms with van der Waals surface area (Å²) in [4.78, 5) is 31.6. The Morgan fingerprint density at radius 1 is 1.21 bits per heavy atom. The fourth-order valence-corrected chi connectivity index (χ4v) is 3.37. The van der Waals surface area contributed by atoms with Crippen LogP contribution in [0.2, 0.25) is 5.02 Å². The average Bonchev–Trinajstić information content (AvgIpc) is 3.15. The van der Waals surface area contributed by atoms with E-state index in [2.05, 4.69) is 20.8 Å². The predicted molar refractivity (Wildman–Crippen MR) is 115 cm³/mol. The maximum atomic E-state index is 12.0. The first-order valence-electron chi connectivity index (χ1n) is 8.95. The summed E-state index contributed by atoms with van der Waals surface area (Å²) in [6, 6.07) is 12.9. The summed E-state index contributed by atoms with van der Waals surface area (Å²) in [6.45, 7) is 3.60.